The highest BCUT2D eigenvalue weighted by molar-refractivity contribution is 7.17. The normalized spacial score (nSPS) is 18.8. The molecular formula is C22H25N5O3S. The number of nitrogens with one attached hydrogen (secondary N) is 2. The van der Waals surface area contributed by atoms with Crippen LogP contribution in [0.25, 0.3) is 10.1 Å². The third kappa shape index (κ3) is 4.39. The first-order chi connectivity index (χ1) is 15.0. The van der Waals surface area contributed by atoms with E-state index in [1.54, 1.807) is 19.5 Å². The molecule has 3 aromatic rings. The van der Waals surface area contributed by atoms with E-state index in [-0.39, 0.29) is 23.9 Å². The summed E-state index contributed by atoms with van der Waals surface area (Å²) >= 11 is 1.53. The molecule has 0 radical (unpaired) electrons. The summed E-state index contributed by atoms with van der Waals surface area (Å²) in [5, 5.41) is 8.70. The van der Waals surface area contributed by atoms with E-state index < -0.39 is 0 Å². The van der Waals surface area contributed by atoms with E-state index in [0.717, 1.165) is 28.6 Å². The van der Waals surface area contributed by atoms with Crippen molar-refractivity contribution in [2.24, 2.45) is 5.73 Å². The Balaban J connectivity index is 1.51. The maximum absolute atomic E-state index is 12.8. The summed E-state index contributed by atoms with van der Waals surface area (Å²) < 4.78 is 6.39. The number of carbonyl (C=O) groups is 2. The first-order valence-electron chi connectivity index (χ1n) is 10.0. The third-order valence-corrected chi connectivity index (χ3v) is 6.43. The van der Waals surface area contributed by atoms with E-state index in [2.05, 4.69) is 20.5 Å². The Bertz CT molecular complexity index is 1120. The Kier molecular flexibility index (Phi) is 6.17. The van der Waals surface area contributed by atoms with Gasteiger partial charge in [0, 0.05) is 37.3 Å². The maximum atomic E-state index is 12.8. The van der Waals surface area contributed by atoms with Gasteiger partial charge in [0.05, 0.1) is 35.8 Å². The van der Waals surface area contributed by atoms with Gasteiger partial charge in [-0.05, 0) is 35.6 Å². The predicted molar refractivity (Wildman–Crippen MR) is 121 cm³/mol. The molecule has 31 heavy (non-hydrogen) atoms. The Morgan fingerprint density at radius 3 is 2.94 bits per heavy atom. The van der Waals surface area contributed by atoms with Crippen LogP contribution in [0.2, 0.25) is 0 Å². The van der Waals surface area contributed by atoms with Gasteiger partial charge in [-0.1, -0.05) is 6.07 Å². The van der Waals surface area contributed by atoms with Crippen LogP contribution in [0.15, 0.2) is 42.0 Å². The van der Waals surface area contributed by atoms with E-state index >= 15 is 0 Å². The molecule has 1 aliphatic heterocycles. The van der Waals surface area contributed by atoms with Gasteiger partial charge in [-0.3, -0.25) is 19.5 Å². The molecule has 2 atom stereocenters. The van der Waals surface area contributed by atoms with E-state index in [9.17, 15) is 9.59 Å². The van der Waals surface area contributed by atoms with Crippen LogP contribution < -0.4 is 21.1 Å². The summed E-state index contributed by atoms with van der Waals surface area (Å²) in [4.78, 5) is 30.6. The molecule has 0 bridgehead atoms. The van der Waals surface area contributed by atoms with Gasteiger partial charge in [-0.25, -0.2) is 0 Å². The number of ether oxygens (including phenoxy) is 1. The molecule has 8 nitrogen and oxygen atoms in total. The first-order valence-corrected chi connectivity index (χ1v) is 10.9. The van der Waals surface area contributed by atoms with Gasteiger partial charge in [-0.2, -0.15) is 0 Å². The van der Waals surface area contributed by atoms with Crippen LogP contribution in [0.1, 0.15) is 35.3 Å². The average molecular weight is 440 g/mol. The number of methoxy groups -OCH3 is 1. The van der Waals surface area contributed by atoms with Crippen molar-refractivity contribution < 1.29 is 14.3 Å². The molecule has 1 aliphatic rings. The Labute approximate surface area is 184 Å². The number of rotatable bonds is 6. The molecule has 2 amide bonds. The number of aromatic nitrogens is 1. The lowest BCUT2D eigenvalue weighted by Gasteiger charge is -2.28. The number of fused-ring (bicyclic) bond motifs is 1. The van der Waals surface area contributed by atoms with Crippen molar-refractivity contribution in [3.63, 3.8) is 0 Å². The SMILES string of the molecule is COc1cc(C2C(N)CCN2CNC(=O)c2cncc3ccsc23)ccc1NC(C)=O. The Morgan fingerprint density at radius 1 is 1.32 bits per heavy atom. The topological polar surface area (TPSA) is 110 Å². The van der Waals surface area contributed by atoms with Crippen molar-refractivity contribution in [3.8, 4) is 5.75 Å². The van der Waals surface area contributed by atoms with Crippen LogP contribution in [0.4, 0.5) is 5.69 Å². The van der Waals surface area contributed by atoms with Crippen LogP contribution in [0, 0.1) is 0 Å². The van der Waals surface area contributed by atoms with Crippen molar-refractivity contribution in [2.75, 3.05) is 25.6 Å². The first kappa shape index (κ1) is 21.2. The van der Waals surface area contributed by atoms with Crippen molar-refractivity contribution in [3.05, 3.63) is 53.2 Å². The third-order valence-electron chi connectivity index (χ3n) is 5.47. The number of nitrogens with zero attached hydrogens (tertiary/aromatic N) is 2. The molecule has 0 spiro atoms. The summed E-state index contributed by atoms with van der Waals surface area (Å²) in [6, 6.07) is 7.46. The highest BCUT2D eigenvalue weighted by Gasteiger charge is 2.33. The van der Waals surface area contributed by atoms with Crippen LogP contribution in [0.3, 0.4) is 0 Å². The minimum absolute atomic E-state index is 0.0729. The van der Waals surface area contributed by atoms with E-state index in [1.807, 2.05) is 29.6 Å². The number of benzene rings is 1. The summed E-state index contributed by atoms with van der Waals surface area (Å²) in [6.07, 6.45) is 4.18. The number of nitrogens with two attached hydrogens (primary N) is 1. The average Bonchev–Trinajstić information content (AvgIpc) is 3.38. The number of amides is 2. The highest BCUT2D eigenvalue weighted by Crippen LogP contribution is 2.35. The maximum Gasteiger partial charge on any atom is 0.255 e. The van der Waals surface area contributed by atoms with Crippen molar-refractivity contribution in [1.82, 2.24) is 15.2 Å². The van der Waals surface area contributed by atoms with E-state index in [1.165, 1.54) is 18.3 Å². The second-order valence-corrected chi connectivity index (χ2v) is 8.46. The standard InChI is InChI=1S/C22H25N5O3S/c1-13(28)26-18-4-3-14(9-19(18)30-2)20-17(23)5-7-27(20)12-25-22(29)16-11-24-10-15-6-8-31-21(15)16/h3-4,6,8-11,17,20H,5,7,12,23H2,1-2H3,(H,25,29)(H,26,28). The summed E-state index contributed by atoms with van der Waals surface area (Å²) in [6.45, 7) is 2.59. The molecule has 4 rings (SSSR count). The molecule has 2 unspecified atom stereocenters. The van der Waals surface area contributed by atoms with Gasteiger partial charge in [0.1, 0.15) is 5.75 Å². The van der Waals surface area contributed by atoms with Gasteiger partial charge < -0.3 is 21.1 Å². The molecule has 9 heteroatoms. The number of thiophene rings is 1. The molecule has 2 aromatic heterocycles. The van der Waals surface area contributed by atoms with Crippen molar-refractivity contribution in [1.29, 1.82) is 0 Å². The predicted octanol–water partition coefficient (Wildman–Crippen LogP) is 2.72. The molecule has 3 heterocycles. The number of anilines is 1. The second-order valence-electron chi connectivity index (χ2n) is 7.54. The van der Waals surface area contributed by atoms with Crippen LogP contribution in [-0.4, -0.2) is 48.1 Å². The number of carbonyl (C=O) groups excluding carboxylic acids is 2. The van der Waals surface area contributed by atoms with Crippen LogP contribution >= 0.6 is 11.3 Å². The Morgan fingerprint density at radius 2 is 2.16 bits per heavy atom. The summed E-state index contributed by atoms with van der Waals surface area (Å²) in [5.41, 5.74) is 8.59. The molecule has 0 saturated carbocycles. The molecule has 1 aromatic carbocycles. The highest BCUT2D eigenvalue weighted by atomic mass is 32.1. The summed E-state index contributed by atoms with van der Waals surface area (Å²) in [5.74, 6) is 0.257. The number of pyridine rings is 1. The molecule has 162 valence electrons. The van der Waals surface area contributed by atoms with E-state index in [0.29, 0.717) is 23.7 Å². The largest absolute Gasteiger partial charge is 0.495 e. The van der Waals surface area contributed by atoms with Gasteiger partial charge in [0.15, 0.2) is 0 Å². The van der Waals surface area contributed by atoms with Crippen LogP contribution in [-0.2, 0) is 4.79 Å². The summed E-state index contributed by atoms with van der Waals surface area (Å²) in [7, 11) is 1.57. The molecular weight excluding hydrogens is 414 g/mol. The molecule has 1 saturated heterocycles. The van der Waals surface area contributed by atoms with E-state index in [4.69, 9.17) is 10.5 Å². The minimum atomic E-state index is -0.164. The fourth-order valence-corrected chi connectivity index (χ4v) is 4.90. The van der Waals surface area contributed by atoms with Gasteiger partial charge in [-0.15, -0.1) is 11.3 Å². The lowest BCUT2D eigenvalue weighted by Crippen LogP contribution is -2.40. The number of likely N-dealkylation sites (tertiary alicyclic amines) is 1. The lowest BCUT2D eigenvalue weighted by molar-refractivity contribution is -0.114. The molecule has 0 aliphatic carbocycles. The molecule has 1 fully saturated rings. The monoisotopic (exact) mass is 439 g/mol. The quantitative estimate of drug-likeness (QED) is 0.545. The smallest absolute Gasteiger partial charge is 0.255 e. The van der Waals surface area contributed by atoms with Gasteiger partial charge in [0.25, 0.3) is 5.91 Å². The number of hydrogen-bond acceptors (Lipinski definition) is 7. The zero-order chi connectivity index (χ0) is 22.0. The number of hydrogen-bond donors (Lipinski definition) is 3. The lowest BCUT2D eigenvalue weighted by atomic mass is 10.00. The van der Waals surface area contributed by atoms with Gasteiger partial charge >= 0.3 is 0 Å². The zero-order valence-electron chi connectivity index (χ0n) is 17.4. The van der Waals surface area contributed by atoms with Gasteiger partial charge in [0.2, 0.25) is 5.91 Å². The molecule has 4 N–H and O–H groups in total. The fraction of sp³-hybridized carbons (Fsp3) is 0.318. The second kappa shape index (κ2) is 9.01. The Hall–Kier alpha value is -3.01. The van der Waals surface area contributed by atoms with Crippen LogP contribution in [0.5, 0.6) is 5.75 Å². The van der Waals surface area contributed by atoms with Crippen molar-refractivity contribution in [2.45, 2.75) is 25.4 Å². The van der Waals surface area contributed by atoms with Crippen molar-refractivity contribution >= 4 is 38.9 Å². The zero-order valence-corrected chi connectivity index (χ0v) is 18.2. The minimum Gasteiger partial charge on any atom is -0.495 e. The fourth-order valence-electron chi connectivity index (χ4n) is 4.02.